The molecule has 0 fully saturated rings. The summed E-state index contributed by atoms with van der Waals surface area (Å²) in [7, 11) is 0. The third-order valence-corrected chi connectivity index (χ3v) is 3.57. The van der Waals surface area contributed by atoms with E-state index in [-0.39, 0.29) is 0 Å². The second-order valence-electron chi connectivity index (χ2n) is 2.43. The van der Waals surface area contributed by atoms with Crippen LogP contribution in [0, 0.1) is 0 Å². The number of thiophene rings is 1. The van der Waals surface area contributed by atoms with Crippen LogP contribution in [0.4, 0.5) is 13.2 Å². The van der Waals surface area contributed by atoms with Gasteiger partial charge in [-0.1, -0.05) is 0 Å². The molecule has 1 rings (SSSR count). The third kappa shape index (κ3) is 3.87. The highest BCUT2D eigenvalue weighted by molar-refractivity contribution is 9.11. The Hall–Kier alpha value is 0.260. The predicted octanol–water partition coefficient (Wildman–Crippen LogP) is 4.74. The van der Waals surface area contributed by atoms with Crippen LogP contribution in [0.2, 0.25) is 0 Å². The van der Waals surface area contributed by atoms with E-state index in [0.717, 1.165) is 3.79 Å². The first kappa shape index (κ1) is 11.3. The summed E-state index contributed by atoms with van der Waals surface area (Å²) in [5.41, 5.74) is 0. The topological polar surface area (TPSA) is 0 Å². The van der Waals surface area contributed by atoms with Crippen LogP contribution < -0.4 is 0 Å². The van der Waals surface area contributed by atoms with Crippen LogP contribution in [0.15, 0.2) is 15.9 Å². The molecule has 0 N–H and O–H groups in total. The molecule has 0 aromatic carbocycles. The molecular weight excluding hydrogens is 288 g/mol. The van der Waals surface area contributed by atoms with Gasteiger partial charge in [0.05, 0.1) is 15.6 Å². The van der Waals surface area contributed by atoms with E-state index in [1.807, 2.05) is 0 Å². The van der Waals surface area contributed by atoms with E-state index in [9.17, 15) is 13.2 Å². The molecule has 1 aromatic rings. The van der Waals surface area contributed by atoms with Crippen molar-refractivity contribution in [3.05, 3.63) is 20.8 Å². The van der Waals surface area contributed by atoms with Crippen molar-refractivity contribution in [2.24, 2.45) is 0 Å². The van der Waals surface area contributed by atoms with Crippen LogP contribution in [0.3, 0.4) is 0 Å². The highest BCUT2D eigenvalue weighted by Gasteiger charge is 2.32. The summed E-state index contributed by atoms with van der Waals surface area (Å²) in [5.74, 6) is 0. The first-order valence-corrected chi connectivity index (χ1v) is 5.39. The van der Waals surface area contributed by atoms with E-state index in [4.69, 9.17) is 11.6 Å². The van der Waals surface area contributed by atoms with Gasteiger partial charge in [0.2, 0.25) is 0 Å². The van der Waals surface area contributed by atoms with Crippen LogP contribution >= 0.6 is 38.9 Å². The molecule has 0 amide bonds. The zero-order valence-electron chi connectivity index (χ0n) is 6.24. The van der Waals surface area contributed by atoms with E-state index >= 15 is 0 Å². The maximum atomic E-state index is 11.9. The molecule has 1 aromatic heterocycles. The lowest BCUT2D eigenvalue weighted by Gasteiger charge is -2.09. The van der Waals surface area contributed by atoms with Gasteiger partial charge in [0.25, 0.3) is 0 Å². The summed E-state index contributed by atoms with van der Waals surface area (Å²) in [4.78, 5) is 0.533. The van der Waals surface area contributed by atoms with Gasteiger partial charge in [0.1, 0.15) is 0 Å². The molecule has 13 heavy (non-hydrogen) atoms. The van der Waals surface area contributed by atoms with Crippen molar-refractivity contribution in [3.8, 4) is 0 Å². The third-order valence-electron chi connectivity index (χ3n) is 1.31. The van der Waals surface area contributed by atoms with E-state index < -0.39 is 18.0 Å². The highest BCUT2D eigenvalue weighted by Crippen LogP contribution is 2.38. The standard InChI is InChI=1S/C7H5BrClF3S/c8-6-2-1-5(13-6)4(9)3-7(10,11)12/h1-2,4H,3H2. The van der Waals surface area contributed by atoms with Crippen molar-refractivity contribution in [3.63, 3.8) is 0 Å². The lowest BCUT2D eigenvalue weighted by atomic mass is 10.2. The number of hydrogen-bond donors (Lipinski definition) is 0. The van der Waals surface area contributed by atoms with Gasteiger partial charge < -0.3 is 0 Å². The minimum absolute atomic E-state index is 0.533. The first-order chi connectivity index (χ1) is 5.88. The molecule has 6 heteroatoms. The fourth-order valence-corrected chi connectivity index (χ4v) is 2.58. The van der Waals surface area contributed by atoms with E-state index in [2.05, 4.69) is 15.9 Å². The van der Waals surface area contributed by atoms with Crippen molar-refractivity contribution in [2.45, 2.75) is 18.0 Å². The van der Waals surface area contributed by atoms with Gasteiger partial charge in [-0.3, -0.25) is 0 Å². The number of halogens is 5. The molecule has 0 aliphatic heterocycles. The SMILES string of the molecule is FC(F)(F)CC(Cl)c1ccc(Br)s1. The van der Waals surface area contributed by atoms with Crippen molar-refractivity contribution in [2.75, 3.05) is 0 Å². The summed E-state index contributed by atoms with van der Waals surface area (Å²) in [6, 6.07) is 3.28. The van der Waals surface area contributed by atoms with Crippen LogP contribution in [0.25, 0.3) is 0 Å². The smallest absolute Gasteiger partial charge is 0.171 e. The summed E-state index contributed by atoms with van der Waals surface area (Å²) >= 11 is 9.95. The molecular formula is C7H5BrClF3S. The lowest BCUT2D eigenvalue weighted by Crippen LogP contribution is -2.09. The average Bonchev–Trinajstić information content (AvgIpc) is 2.31. The van der Waals surface area contributed by atoms with Gasteiger partial charge in [-0.05, 0) is 28.1 Å². The Morgan fingerprint density at radius 1 is 1.46 bits per heavy atom. The van der Waals surface area contributed by atoms with Crippen molar-refractivity contribution in [1.29, 1.82) is 0 Å². The fourth-order valence-electron chi connectivity index (χ4n) is 0.800. The minimum atomic E-state index is -4.21. The second kappa shape index (κ2) is 4.19. The van der Waals surface area contributed by atoms with Crippen molar-refractivity contribution in [1.82, 2.24) is 0 Å². The number of alkyl halides is 4. The maximum absolute atomic E-state index is 11.9. The zero-order chi connectivity index (χ0) is 10.1. The van der Waals surface area contributed by atoms with Gasteiger partial charge in [-0.15, -0.1) is 22.9 Å². The molecule has 0 radical (unpaired) electrons. The summed E-state index contributed by atoms with van der Waals surface area (Å²) in [6.45, 7) is 0. The minimum Gasteiger partial charge on any atom is -0.171 e. The Balaban J connectivity index is 2.64. The van der Waals surface area contributed by atoms with Crippen molar-refractivity contribution >= 4 is 38.9 Å². The molecule has 1 unspecified atom stereocenters. The quantitative estimate of drug-likeness (QED) is 0.691. The van der Waals surface area contributed by atoms with Crippen LogP contribution in [-0.4, -0.2) is 6.18 Å². The number of rotatable bonds is 2. The summed E-state index contributed by atoms with van der Waals surface area (Å²) < 4.78 is 36.5. The fraction of sp³-hybridized carbons (Fsp3) is 0.429. The molecule has 0 saturated heterocycles. The molecule has 1 atom stereocenters. The Kier molecular flexibility index (Phi) is 3.65. The molecule has 0 bridgehead atoms. The van der Waals surface area contributed by atoms with Gasteiger partial charge in [-0.25, -0.2) is 0 Å². The van der Waals surface area contributed by atoms with Crippen LogP contribution in [-0.2, 0) is 0 Å². The van der Waals surface area contributed by atoms with Crippen LogP contribution in [0.1, 0.15) is 16.7 Å². The van der Waals surface area contributed by atoms with Gasteiger partial charge >= 0.3 is 6.18 Å². The normalized spacial score (nSPS) is 14.5. The zero-order valence-corrected chi connectivity index (χ0v) is 9.40. The largest absolute Gasteiger partial charge is 0.390 e. The van der Waals surface area contributed by atoms with Crippen LogP contribution in [0.5, 0.6) is 0 Å². The Labute approximate surface area is 90.8 Å². The second-order valence-corrected chi connectivity index (χ2v) is 5.45. The molecule has 1 heterocycles. The molecule has 0 spiro atoms. The average molecular weight is 294 g/mol. The van der Waals surface area contributed by atoms with E-state index in [0.29, 0.717) is 4.88 Å². The molecule has 0 aliphatic rings. The predicted molar refractivity (Wildman–Crippen MR) is 51.3 cm³/mol. The molecule has 0 nitrogen and oxygen atoms in total. The molecule has 0 saturated carbocycles. The molecule has 0 aliphatic carbocycles. The maximum Gasteiger partial charge on any atom is 0.390 e. The van der Waals surface area contributed by atoms with E-state index in [1.54, 1.807) is 12.1 Å². The van der Waals surface area contributed by atoms with Gasteiger partial charge in [0.15, 0.2) is 0 Å². The summed E-state index contributed by atoms with van der Waals surface area (Å²) in [6.07, 6.45) is -5.19. The summed E-state index contributed by atoms with van der Waals surface area (Å²) in [5, 5.41) is -0.976. The number of hydrogen-bond acceptors (Lipinski definition) is 1. The first-order valence-electron chi connectivity index (χ1n) is 3.34. The Morgan fingerprint density at radius 2 is 2.08 bits per heavy atom. The Bertz CT molecular complexity index is 284. The monoisotopic (exact) mass is 292 g/mol. The van der Waals surface area contributed by atoms with E-state index in [1.165, 1.54) is 11.3 Å². The Morgan fingerprint density at radius 3 is 2.46 bits per heavy atom. The highest BCUT2D eigenvalue weighted by atomic mass is 79.9. The van der Waals surface area contributed by atoms with Gasteiger partial charge in [-0.2, -0.15) is 13.2 Å². The van der Waals surface area contributed by atoms with Crippen molar-refractivity contribution < 1.29 is 13.2 Å². The lowest BCUT2D eigenvalue weighted by molar-refractivity contribution is -0.134. The molecule has 74 valence electrons. The van der Waals surface area contributed by atoms with Gasteiger partial charge in [0, 0.05) is 4.88 Å².